The number of benzene rings is 1. The Morgan fingerprint density at radius 1 is 1.34 bits per heavy atom. The second kappa shape index (κ2) is 8.94. The van der Waals surface area contributed by atoms with Gasteiger partial charge in [0.05, 0.1) is 12.7 Å². The molecule has 2 unspecified atom stereocenters. The van der Waals surface area contributed by atoms with Crippen molar-refractivity contribution in [2.75, 3.05) is 18.6 Å². The molecule has 1 aromatic heterocycles. The Morgan fingerprint density at radius 3 is 2.79 bits per heavy atom. The predicted octanol–water partition coefficient (Wildman–Crippen LogP) is 3.27. The summed E-state index contributed by atoms with van der Waals surface area (Å²) >= 11 is 0. The van der Waals surface area contributed by atoms with E-state index in [4.69, 9.17) is 9.84 Å². The minimum absolute atomic E-state index is 0.0167. The number of aromatic carboxylic acids is 1. The first-order valence-corrected chi connectivity index (χ1v) is 9.81. The number of ether oxygens (including phenoxy) is 1. The summed E-state index contributed by atoms with van der Waals surface area (Å²) < 4.78 is 5.30. The molecule has 1 fully saturated rings. The van der Waals surface area contributed by atoms with Crippen LogP contribution in [-0.4, -0.2) is 47.7 Å². The lowest BCUT2D eigenvalue weighted by Crippen LogP contribution is -2.39. The van der Waals surface area contributed by atoms with Crippen LogP contribution in [0.3, 0.4) is 0 Å². The van der Waals surface area contributed by atoms with Crippen molar-refractivity contribution in [2.24, 2.45) is 0 Å². The number of carbonyl (C=O) groups excluding carboxylic acids is 1. The lowest BCUT2D eigenvalue weighted by molar-refractivity contribution is 0.0696. The predicted molar refractivity (Wildman–Crippen MR) is 111 cm³/mol. The molecule has 2 aromatic rings. The monoisotopic (exact) mass is 397 g/mol. The minimum atomic E-state index is -0.980. The summed E-state index contributed by atoms with van der Waals surface area (Å²) in [6.07, 6.45) is 4.24. The molecule has 1 aliphatic heterocycles. The van der Waals surface area contributed by atoms with Crippen LogP contribution in [0, 0.1) is 6.92 Å². The minimum Gasteiger partial charge on any atom is -0.496 e. The van der Waals surface area contributed by atoms with Crippen LogP contribution < -0.4 is 15.0 Å². The van der Waals surface area contributed by atoms with Gasteiger partial charge in [0.25, 0.3) is 5.91 Å². The van der Waals surface area contributed by atoms with E-state index in [0.29, 0.717) is 11.3 Å². The Bertz CT molecular complexity index is 882. The fourth-order valence-corrected chi connectivity index (χ4v) is 3.91. The van der Waals surface area contributed by atoms with Gasteiger partial charge in [-0.3, -0.25) is 4.79 Å². The van der Waals surface area contributed by atoms with Gasteiger partial charge in [-0.2, -0.15) is 0 Å². The van der Waals surface area contributed by atoms with Crippen molar-refractivity contribution in [1.29, 1.82) is 0 Å². The Balaban J connectivity index is 1.64. The zero-order valence-corrected chi connectivity index (χ0v) is 17.0. The van der Waals surface area contributed by atoms with Gasteiger partial charge in [-0.05, 0) is 57.4 Å². The van der Waals surface area contributed by atoms with Gasteiger partial charge in [-0.1, -0.05) is 6.07 Å². The lowest BCUT2D eigenvalue weighted by atomic mass is 10.0. The smallest absolute Gasteiger partial charge is 0.337 e. The van der Waals surface area contributed by atoms with Crippen LogP contribution in [0.5, 0.6) is 5.75 Å². The van der Waals surface area contributed by atoms with E-state index in [2.05, 4.69) is 15.2 Å². The number of anilines is 1. The van der Waals surface area contributed by atoms with Gasteiger partial charge in [-0.15, -0.1) is 0 Å². The number of hydrogen-bond donors (Lipinski definition) is 2. The number of hydrogen-bond acceptors (Lipinski definition) is 5. The van der Waals surface area contributed by atoms with Crippen LogP contribution in [0.4, 0.5) is 5.82 Å². The van der Waals surface area contributed by atoms with E-state index >= 15 is 0 Å². The molecule has 7 heteroatoms. The number of carbonyl (C=O) groups is 2. The van der Waals surface area contributed by atoms with Crippen LogP contribution in [-0.2, 0) is 0 Å². The molecule has 1 saturated heterocycles. The number of nitrogens with zero attached hydrogens (tertiary/aromatic N) is 2. The van der Waals surface area contributed by atoms with Crippen molar-refractivity contribution in [2.45, 2.75) is 45.2 Å². The van der Waals surface area contributed by atoms with Crippen molar-refractivity contribution < 1.29 is 19.4 Å². The average molecular weight is 397 g/mol. The van der Waals surface area contributed by atoms with Crippen LogP contribution >= 0.6 is 0 Å². The molecule has 1 aliphatic rings. The summed E-state index contributed by atoms with van der Waals surface area (Å²) in [5.74, 6) is 0.386. The third kappa shape index (κ3) is 4.67. The van der Waals surface area contributed by atoms with Crippen molar-refractivity contribution in [3.63, 3.8) is 0 Å². The normalized spacial score (nSPS) is 17.1. The lowest BCUT2D eigenvalue weighted by Gasteiger charge is -2.28. The van der Waals surface area contributed by atoms with Crippen molar-refractivity contribution in [3.05, 3.63) is 53.2 Å². The van der Waals surface area contributed by atoms with E-state index in [0.717, 1.165) is 37.2 Å². The van der Waals surface area contributed by atoms with E-state index in [1.165, 1.54) is 6.20 Å². The van der Waals surface area contributed by atoms with E-state index in [9.17, 15) is 9.59 Å². The molecule has 1 amide bonds. The number of carboxylic acid groups (broad SMARTS) is 1. The SMILES string of the molecule is COc1cccc(C(=O)NC(C)CC2CCCN2c2ccc(C(=O)O)cn2)c1C. The molecular formula is C22H27N3O4. The van der Waals surface area contributed by atoms with Gasteiger partial charge in [0, 0.05) is 36.0 Å². The molecule has 0 aliphatic carbocycles. The van der Waals surface area contributed by atoms with Gasteiger partial charge in [-0.25, -0.2) is 9.78 Å². The summed E-state index contributed by atoms with van der Waals surface area (Å²) in [6, 6.07) is 9.03. The highest BCUT2D eigenvalue weighted by molar-refractivity contribution is 5.96. The van der Waals surface area contributed by atoms with Crippen LogP contribution in [0.1, 0.15) is 52.5 Å². The van der Waals surface area contributed by atoms with Gasteiger partial charge in [0.1, 0.15) is 11.6 Å². The van der Waals surface area contributed by atoms with E-state index in [1.54, 1.807) is 25.3 Å². The highest BCUT2D eigenvalue weighted by Crippen LogP contribution is 2.27. The second-order valence-electron chi connectivity index (χ2n) is 7.44. The molecule has 0 spiro atoms. The molecule has 2 heterocycles. The zero-order valence-electron chi connectivity index (χ0n) is 17.0. The van der Waals surface area contributed by atoms with E-state index in [-0.39, 0.29) is 23.6 Å². The van der Waals surface area contributed by atoms with Crippen LogP contribution in [0.2, 0.25) is 0 Å². The highest BCUT2D eigenvalue weighted by Gasteiger charge is 2.28. The van der Waals surface area contributed by atoms with Crippen molar-refractivity contribution >= 4 is 17.7 Å². The number of methoxy groups -OCH3 is 1. The summed E-state index contributed by atoms with van der Waals surface area (Å²) in [5.41, 5.74) is 1.62. The number of rotatable bonds is 7. The molecule has 3 rings (SSSR count). The molecular weight excluding hydrogens is 370 g/mol. The molecule has 0 saturated carbocycles. The number of amides is 1. The Labute approximate surface area is 170 Å². The van der Waals surface area contributed by atoms with Crippen molar-refractivity contribution in [3.8, 4) is 5.75 Å². The second-order valence-corrected chi connectivity index (χ2v) is 7.44. The quantitative estimate of drug-likeness (QED) is 0.745. The van der Waals surface area contributed by atoms with Crippen LogP contribution in [0.25, 0.3) is 0 Å². The molecule has 2 atom stereocenters. The molecule has 2 N–H and O–H groups in total. The first-order chi connectivity index (χ1) is 13.9. The maximum Gasteiger partial charge on any atom is 0.337 e. The Hall–Kier alpha value is -3.09. The molecule has 1 aromatic carbocycles. The molecule has 7 nitrogen and oxygen atoms in total. The fraction of sp³-hybridized carbons (Fsp3) is 0.409. The van der Waals surface area contributed by atoms with Gasteiger partial charge in [0.2, 0.25) is 0 Å². The summed E-state index contributed by atoms with van der Waals surface area (Å²) in [4.78, 5) is 30.3. The van der Waals surface area contributed by atoms with Crippen molar-refractivity contribution in [1.82, 2.24) is 10.3 Å². The largest absolute Gasteiger partial charge is 0.496 e. The number of pyridine rings is 1. The first-order valence-electron chi connectivity index (χ1n) is 9.81. The maximum atomic E-state index is 12.7. The third-order valence-electron chi connectivity index (χ3n) is 5.42. The highest BCUT2D eigenvalue weighted by atomic mass is 16.5. The number of nitrogens with one attached hydrogen (secondary N) is 1. The summed E-state index contributed by atoms with van der Waals surface area (Å²) in [6.45, 7) is 4.76. The maximum absolute atomic E-state index is 12.7. The Morgan fingerprint density at radius 2 is 2.14 bits per heavy atom. The van der Waals surface area contributed by atoms with Gasteiger partial charge in [0.15, 0.2) is 0 Å². The number of carboxylic acids is 1. The van der Waals surface area contributed by atoms with Crippen LogP contribution in [0.15, 0.2) is 36.5 Å². The summed E-state index contributed by atoms with van der Waals surface area (Å²) in [5, 5.41) is 12.1. The fourth-order valence-electron chi connectivity index (χ4n) is 3.91. The first kappa shape index (κ1) is 20.6. The molecule has 29 heavy (non-hydrogen) atoms. The topological polar surface area (TPSA) is 91.8 Å². The van der Waals surface area contributed by atoms with Gasteiger partial charge >= 0.3 is 5.97 Å². The summed E-state index contributed by atoms with van der Waals surface area (Å²) in [7, 11) is 1.60. The number of aromatic nitrogens is 1. The Kier molecular flexibility index (Phi) is 6.36. The van der Waals surface area contributed by atoms with Gasteiger partial charge < -0.3 is 20.1 Å². The average Bonchev–Trinajstić information content (AvgIpc) is 3.16. The molecule has 0 bridgehead atoms. The molecule has 0 radical (unpaired) electrons. The standard InChI is InChI=1S/C22H27N3O4/c1-14(24-21(26)18-7-4-8-19(29-3)15(18)2)12-17-6-5-11-25(17)20-10-9-16(13-23-20)22(27)28/h4,7-10,13-14,17H,5-6,11-12H2,1-3H3,(H,24,26)(H,27,28). The zero-order chi connectivity index (χ0) is 21.0. The van der Waals surface area contributed by atoms with E-state index in [1.807, 2.05) is 26.0 Å². The third-order valence-corrected chi connectivity index (χ3v) is 5.42. The molecule has 154 valence electrons. The van der Waals surface area contributed by atoms with E-state index < -0.39 is 5.97 Å².